The summed E-state index contributed by atoms with van der Waals surface area (Å²) in [7, 11) is 1.59. The van der Waals surface area contributed by atoms with Crippen LogP contribution in [-0.4, -0.2) is 44.4 Å². The third-order valence-corrected chi connectivity index (χ3v) is 2.96. The molecule has 9 nitrogen and oxygen atoms in total. The van der Waals surface area contributed by atoms with Crippen molar-refractivity contribution < 1.29 is 24.2 Å². The van der Waals surface area contributed by atoms with Crippen molar-refractivity contribution in [2.24, 2.45) is 0 Å². The molecule has 0 saturated carbocycles. The number of carboxylic acids is 1. The Morgan fingerprint density at radius 1 is 1.29 bits per heavy atom. The minimum absolute atomic E-state index is 0.145. The number of benzene rings is 1. The van der Waals surface area contributed by atoms with Crippen LogP contribution >= 0.6 is 0 Å². The quantitative estimate of drug-likeness (QED) is 0.557. The fourth-order valence-electron chi connectivity index (χ4n) is 1.78. The summed E-state index contributed by atoms with van der Waals surface area (Å²) in [4.78, 5) is 23.4. The lowest BCUT2D eigenvalue weighted by atomic mass is 10.2. The Kier molecular flexibility index (Phi) is 5.61. The standard InChI is InChI=1S/C15H16N4O5/c1-10(7-14(20)21)15(22)24-9-13-16-18-19(17-13)8-11-3-5-12(23-2)6-4-11/h3-6H,1,7-9H2,2H3,(H,20,21). The van der Waals surface area contributed by atoms with Crippen LogP contribution in [0.1, 0.15) is 17.8 Å². The van der Waals surface area contributed by atoms with Gasteiger partial charge in [-0.15, -0.1) is 10.2 Å². The molecule has 1 heterocycles. The second-order valence-electron chi connectivity index (χ2n) is 4.83. The summed E-state index contributed by atoms with van der Waals surface area (Å²) in [6.07, 6.45) is -0.476. The minimum atomic E-state index is -1.15. The zero-order chi connectivity index (χ0) is 17.5. The van der Waals surface area contributed by atoms with E-state index in [9.17, 15) is 9.59 Å². The summed E-state index contributed by atoms with van der Waals surface area (Å²) in [5.74, 6) is -0.996. The number of nitrogens with zero attached hydrogens (tertiary/aromatic N) is 4. The predicted octanol–water partition coefficient (Wildman–Crippen LogP) is 0.804. The van der Waals surface area contributed by atoms with Gasteiger partial charge in [0.05, 0.1) is 20.1 Å². The molecule has 0 amide bonds. The highest BCUT2D eigenvalue weighted by Gasteiger charge is 2.14. The van der Waals surface area contributed by atoms with Gasteiger partial charge in [-0.05, 0) is 22.9 Å². The van der Waals surface area contributed by atoms with Gasteiger partial charge in [-0.1, -0.05) is 18.7 Å². The van der Waals surface area contributed by atoms with Gasteiger partial charge in [0, 0.05) is 5.57 Å². The fraction of sp³-hybridized carbons (Fsp3) is 0.267. The molecule has 0 bridgehead atoms. The van der Waals surface area contributed by atoms with E-state index in [4.69, 9.17) is 14.6 Å². The normalized spacial score (nSPS) is 10.2. The first-order chi connectivity index (χ1) is 11.5. The van der Waals surface area contributed by atoms with E-state index in [1.807, 2.05) is 24.3 Å². The highest BCUT2D eigenvalue weighted by Crippen LogP contribution is 2.11. The molecule has 1 N–H and O–H groups in total. The van der Waals surface area contributed by atoms with E-state index in [1.165, 1.54) is 4.80 Å². The third-order valence-electron chi connectivity index (χ3n) is 2.96. The number of carbonyl (C=O) groups excluding carboxylic acids is 1. The number of hydrogen-bond acceptors (Lipinski definition) is 7. The summed E-state index contributed by atoms with van der Waals surface area (Å²) in [6.45, 7) is 3.55. The van der Waals surface area contributed by atoms with Crippen molar-refractivity contribution >= 4 is 11.9 Å². The van der Waals surface area contributed by atoms with Gasteiger partial charge in [-0.2, -0.15) is 4.80 Å². The van der Waals surface area contributed by atoms with Crippen LogP contribution in [0.15, 0.2) is 36.4 Å². The van der Waals surface area contributed by atoms with E-state index in [0.717, 1.165) is 11.3 Å². The zero-order valence-corrected chi connectivity index (χ0v) is 13.0. The molecule has 126 valence electrons. The summed E-state index contributed by atoms with van der Waals surface area (Å²) in [5, 5.41) is 20.3. The number of esters is 1. The van der Waals surface area contributed by atoms with E-state index in [-0.39, 0.29) is 18.0 Å². The number of tetrazole rings is 1. The molecular formula is C15H16N4O5. The summed E-state index contributed by atoms with van der Waals surface area (Å²) >= 11 is 0. The van der Waals surface area contributed by atoms with E-state index >= 15 is 0 Å². The van der Waals surface area contributed by atoms with E-state index in [0.29, 0.717) is 6.54 Å². The second kappa shape index (κ2) is 7.86. The van der Waals surface area contributed by atoms with Crippen molar-refractivity contribution in [3.8, 4) is 5.75 Å². The molecule has 0 fully saturated rings. The number of hydrogen-bond donors (Lipinski definition) is 1. The predicted molar refractivity (Wildman–Crippen MR) is 81.1 cm³/mol. The van der Waals surface area contributed by atoms with Crippen LogP contribution in [0.5, 0.6) is 5.75 Å². The molecule has 0 spiro atoms. The molecule has 2 aromatic rings. The van der Waals surface area contributed by atoms with Crippen molar-refractivity contribution in [3.63, 3.8) is 0 Å². The highest BCUT2D eigenvalue weighted by molar-refractivity contribution is 5.92. The zero-order valence-electron chi connectivity index (χ0n) is 13.0. The largest absolute Gasteiger partial charge is 0.497 e. The Hall–Kier alpha value is -3.23. The molecule has 0 saturated heterocycles. The maximum atomic E-state index is 11.5. The van der Waals surface area contributed by atoms with Gasteiger partial charge in [0.2, 0.25) is 5.82 Å². The Balaban J connectivity index is 1.87. The Bertz CT molecular complexity index is 739. The fourth-order valence-corrected chi connectivity index (χ4v) is 1.78. The smallest absolute Gasteiger partial charge is 0.334 e. The second-order valence-corrected chi connectivity index (χ2v) is 4.83. The first-order valence-electron chi connectivity index (χ1n) is 6.94. The number of aliphatic carboxylic acids is 1. The monoisotopic (exact) mass is 332 g/mol. The molecule has 1 aromatic heterocycles. The van der Waals surface area contributed by atoms with Crippen molar-refractivity contribution in [2.45, 2.75) is 19.6 Å². The first-order valence-corrected chi connectivity index (χ1v) is 6.94. The van der Waals surface area contributed by atoms with E-state index in [2.05, 4.69) is 22.0 Å². The molecule has 24 heavy (non-hydrogen) atoms. The molecule has 0 radical (unpaired) electrons. The molecule has 9 heteroatoms. The van der Waals surface area contributed by atoms with Gasteiger partial charge in [0.15, 0.2) is 6.61 Å². The summed E-state index contributed by atoms with van der Waals surface area (Å²) in [5.41, 5.74) is 0.805. The van der Waals surface area contributed by atoms with Crippen LogP contribution in [0.3, 0.4) is 0 Å². The molecule has 0 unspecified atom stereocenters. The van der Waals surface area contributed by atoms with Crippen molar-refractivity contribution in [1.29, 1.82) is 0 Å². The third kappa shape index (κ3) is 4.90. The SMILES string of the molecule is C=C(CC(=O)O)C(=O)OCc1nnn(Cc2ccc(OC)cc2)n1. The first kappa shape index (κ1) is 17.1. The molecular weight excluding hydrogens is 316 g/mol. The Morgan fingerprint density at radius 2 is 2.00 bits per heavy atom. The molecule has 0 aliphatic heterocycles. The number of aromatic nitrogens is 4. The van der Waals surface area contributed by atoms with Crippen LogP contribution in [-0.2, 0) is 27.5 Å². The van der Waals surface area contributed by atoms with E-state index < -0.39 is 18.4 Å². The topological polar surface area (TPSA) is 116 Å². The molecule has 0 aliphatic carbocycles. The number of carboxylic acid groups (broad SMARTS) is 1. The van der Waals surface area contributed by atoms with Crippen LogP contribution in [0, 0.1) is 0 Å². The Labute approximate surface area is 137 Å². The van der Waals surface area contributed by atoms with Gasteiger partial charge in [-0.25, -0.2) is 4.79 Å². The molecule has 2 rings (SSSR count). The van der Waals surface area contributed by atoms with Gasteiger partial charge in [0.25, 0.3) is 0 Å². The van der Waals surface area contributed by atoms with Gasteiger partial charge < -0.3 is 14.6 Å². The summed E-state index contributed by atoms with van der Waals surface area (Å²) in [6, 6.07) is 7.39. The summed E-state index contributed by atoms with van der Waals surface area (Å²) < 4.78 is 9.97. The van der Waals surface area contributed by atoms with Gasteiger partial charge >= 0.3 is 11.9 Å². The number of rotatable bonds is 8. The average molecular weight is 332 g/mol. The van der Waals surface area contributed by atoms with Gasteiger partial charge in [0.1, 0.15) is 5.75 Å². The molecule has 0 aliphatic rings. The number of methoxy groups -OCH3 is 1. The number of carbonyl (C=O) groups is 2. The van der Waals surface area contributed by atoms with Crippen molar-refractivity contribution in [1.82, 2.24) is 20.2 Å². The highest BCUT2D eigenvalue weighted by atomic mass is 16.5. The van der Waals surface area contributed by atoms with Gasteiger partial charge in [-0.3, -0.25) is 4.79 Å². The van der Waals surface area contributed by atoms with Crippen LogP contribution in [0.2, 0.25) is 0 Å². The van der Waals surface area contributed by atoms with Crippen molar-refractivity contribution in [2.75, 3.05) is 7.11 Å². The van der Waals surface area contributed by atoms with Crippen molar-refractivity contribution in [3.05, 3.63) is 47.8 Å². The lowest BCUT2D eigenvalue weighted by molar-refractivity contribution is -0.143. The minimum Gasteiger partial charge on any atom is -0.497 e. The van der Waals surface area contributed by atoms with E-state index in [1.54, 1.807) is 7.11 Å². The van der Waals surface area contributed by atoms with Crippen LogP contribution in [0.25, 0.3) is 0 Å². The average Bonchev–Trinajstić information content (AvgIpc) is 3.00. The lowest BCUT2D eigenvalue weighted by Gasteiger charge is -2.03. The van der Waals surface area contributed by atoms with Crippen LogP contribution in [0.4, 0.5) is 0 Å². The maximum Gasteiger partial charge on any atom is 0.334 e. The molecule has 0 atom stereocenters. The van der Waals surface area contributed by atoms with Crippen LogP contribution < -0.4 is 4.74 Å². The number of ether oxygens (including phenoxy) is 2. The maximum absolute atomic E-state index is 11.5. The lowest BCUT2D eigenvalue weighted by Crippen LogP contribution is -2.11. The molecule has 1 aromatic carbocycles. The Morgan fingerprint density at radius 3 is 2.62 bits per heavy atom.